The second-order valence-electron chi connectivity index (χ2n) is 7.81. The van der Waals surface area contributed by atoms with Gasteiger partial charge < -0.3 is 14.8 Å². The third kappa shape index (κ3) is 4.59. The molecule has 172 valence electrons. The third-order valence-electron chi connectivity index (χ3n) is 5.67. The molecular weight excluding hydrogens is 432 g/mol. The number of nitrogens with one attached hydrogen (secondary N) is 1. The summed E-state index contributed by atoms with van der Waals surface area (Å²) in [5.41, 5.74) is -1.90. The van der Waals surface area contributed by atoms with Crippen LogP contribution in [0.1, 0.15) is 42.1 Å². The molecule has 1 fully saturated rings. The number of carbonyl (C=O) groups is 2. The number of anilines is 1. The number of Topliss-reactive ketones (excluding diaryl/α,β-unsaturated/α-hetero) is 1. The van der Waals surface area contributed by atoms with Crippen molar-refractivity contribution in [3.05, 3.63) is 53.6 Å². The largest absolute Gasteiger partial charge is 0.496 e. The molecule has 0 unspecified atom stereocenters. The molecule has 1 aromatic carbocycles. The number of halogens is 4. The Morgan fingerprint density at radius 1 is 1.28 bits per heavy atom. The van der Waals surface area contributed by atoms with Gasteiger partial charge in [0.15, 0.2) is 11.4 Å². The minimum absolute atomic E-state index is 0.0348. The normalized spacial score (nSPS) is 23.5. The summed E-state index contributed by atoms with van der Waals surface area (Å²) >= 11 is 0. The zero-order valence-corrected chi connectivity index (χ0v) is 17.6. The summed E-state index contributed by atoms with van der Waals surface area (Å²) in [5.74, 6) is -3.62. The summed E-state index contributed by atoms with van der Waals surface area (Å²) in [4.78, 5) is 28.8. The predicted molar refractivity (Wildman–Crippen MR) is 107 cm³/mol. The molecule has 1 aliphatic heterocycles. The molecule has 1 aromatic heterocycles. The highest BCUT2D eigenvalue weighted by molar-refractivity contribution is 6.04. The van der Waals surface area contributed by atoms with Crippen molar-refractivity contribution in [1.29, 1.82) is 0 Å². The van der Waals surface area contributed by atoms with E-state index in [1.807, 2.05) is 0 Å². The lowest BCUT2D eigenvalue weighted by atomic mass is 9.75. The molecule has 0 radical (unpaired) electrons. The van der Waals surface area contributed by atoms with Gasteiger partial charge in [-0.15, -0.1) is 0 Å². The maximum absolute atomic E-state index is 13.7. The van der Waals surface area contributed by atoms with Crippen LogP contribution in [0, 0.1) is 11.7 Å². The van der Waals surface area contributed by atoms with Gasteiger partial charge in [-0.1, -0.05) is 6.07 Å². The number of ketones is 1. The van der Waals surface area contributed by atoms with Crippen LogP contribution in [0.3, 0.4) is 0 Å². The van der Waals surface area contributed by atoms with E-state index in [4.69, 9.17) is 9.47 Å². The number of pyridine rings is 1. The molecule has 3 rings (SSSR count). The van der Waals surface area contributed by atoms with Gasteiger partial charge in [-0.05, 0) is 38.0 Å². The summed E-state index contributed by atoms with van der Waals surface area (Å²) in [5, 5.41) is 2.60. The average Bonchev–Trinajstić information content (AvgIpc) is 2.73. The summed E-state index contributed by atoms with van der Waals surface area (Å²) < 4.78 is 65.2. The van der Waals surface area contributed by atoms with Crippen LogP contribution in [0.2, 0.25) is 0 Å². The number of nitrogens with zero attached hydrogens (tertiary/aromatic N) is 1. The third-order valence-corrected chi connectivity index (χ3v) is 5.67. The first-order valence-corrected chi connectivity index (χ1v) is 9.77. The molecule has 32 heavy (non-hydrogen) atoms. The summed E-state index contributed by atoms with van der Waals surface area (Å²) in [6, 6.07) is 4.89. The Morgan fingerprint density at radius 3 is 2.62 bits per heavy atom. The van der Waals surface area contributed by atoms with Gasteiger partial charge in [0.2, 0.25) is 5.91 Å². The Morgan fingerprint density at radius 2 is 2.00 bits per heavy atom. The van der Waals surface area contributed by atoms with Crippen LogP contribution in [0.15, 0.2) is 36.7 Å². The van der Waals surface area contributed by atoms with E-state index >= 15 is 0 Å². The fourth-order valence-corrected chi connectivity index (χ4v) is 3.79. The quantitative estimate of drug-likeness (QED) is 0.531. The van der Waals surface area contributed by atoms with Crippen molar-refractivity contribution in [2.24, 2.45) is 5.92 Å². The second-order valence-corrected chi connectivity index (χ2v) is 7.81. The van der Waals surface area contributed by atoms with E-state index in [9.17, 15) is 27.2 Å². The number of rotatable bonds is 5. The summed E-state index contributed by atoms with van der Waals surface area (Å²) in [6.45, 7) is 1.69. The Bertz CT molecular complexity index is 1030. The van der Waals surface area contributed by atoms with Gasteiger partial charge >= 0.3 is 6.18 Å². The van der Waals surface area contributed by atoms with Crippen LogP contribution >= 0.6 is 0 Å². The Balaban J connectivity index is 2.00. The van der Waals surface area contributed by atoms with E-state index in [2.05, 4.69) is 10.3 Å². The van der Waals surface area contributed by atoms with Gasteiger partial charge in [0, 0.05) is 24.4 Å². The number of ether oxygens (including phenoxy) is 2. The molecule has 0 aliphatic carbocycles. The van der Waals surface area contributed by atoms with Crippen molar-refractivity contribution in [2.75, 3.05) is 19.0 Å². The van der Waals surface area contributed by atoms with Crippen LogP contribution in [0.25, 0.3) is 0 Å². The van der Waals surface area contributed by atoms with Gasteiger partial charge in [-0.3, -0.25) is 14.6 Å². The second kappa shape index (κ2) is 8.85. The van der Waals surface area contributed by atoms with Gasteiger partial charge in [0.05, 0.1) is 30.9 Å². The standard InChI is InChI=1S/C22H22F4N2O4/c1-12(29)16-10-27-7-6-18(16)28-20(30)17-11-32-21(2,22(24,25)26)9-15(17)14-5-4-13(23)8-19(14)31-3/h4-8,10,15,17H,9,11H2,1-3H3,(H,27,28,30)/t15-,17+,21+/m0/s1. The van der Waals surface area contributed by atoms with E-state index in [0.717, 1.165) is 19.1 Å². The van der Waals surface area contributed by atoms with E-state index < -0.39 is 48.4 Å². The van der Waals surface area contributed by atoms with E-state index in [1.165, 1.54) is 38.6 Å². The lowest BCUT2D eigenvalue weighted by Crippen LogP contribution is -2.53. The molecule has 2 heterocycles. The number of hydrogen-bond donors (Lipinski definition) is 1. The lowest BCUT2D eigenvalue weighted by molar-refractivity contribution is -0.289. The molecule has 1 amide bonds. The lowest BCUT2D eigenvalue weighted by Gasteiger charge is -2.43. The Labute approximate surface area is 181 Å². The number of carbonyl (C=O) groups excluding carboxylic acids is 2. The van der Waals surface area contributed by atoms with Crippen molar-refractivity contribution < 1.29 is 36.6 Å². The van der Waals surface area contributed by atoms with Crippen LogP contribution in [0.4, 0.5) is 23.2 Å². The summed E-state index contributed by atoms with van der Waals surface area (Å²) in [6.07, 6.45) is -2.60. The number of aromatic nitrogens is 1. The number of hydrogen-bond acceptors (Lipinski definition) is 5. The minimum Gasteiger partial charge on any atom is -0.496 e. The maximum Gasteiger partial charge on any atom is 0.417 e. The van der Waals surface area contributed by atoms with Gasteiger partial charge in [-0.2, -0.15) is 13.2 Å². The molecule has 0 bridgehead atoms. The first kappa shape index (κ1) is 23.6. The molecule has 2 aromatic rings. The molecule has 0 spiro atoms. The number of amides is 1. The smallest absolute Gasteiger partial charge is 0.417 e. The average molecular weight is 454 g/mol. The predicted octanol–water partition coefficient (Wildman–Crippen LogP) is 4.51. The number of methoxy groups -OCH3 is 1. The zero-order valence-electron chi connectivity index (χ0n) is 17.6. The zero-order chi connectivity index (χ0) is 23.7. The highest BCUT2D eigenvalue weighted by Crippen LogP contribution is 2.49. The SMILES string of the molecule is COc1cc(F)ccc1[C@@H]1C[C@](C)(C(F)(F)F)OC[C@H]1C(=O)Nc1ccncc1C(C)=O. The van der Waals surface area contributed by atoms with Crippen LogP contribution < -0.4 is 10.1 Å². The van der Waals surface area contributed by atoms with Crippen LogP contribution in [-0.2, 0) is 9.53 Å². The van der Waals surface area contributed by atoms with Crippen molar-refractivity contribution in [3.8, 4) is 5.75 Å². The first-order chi connectivity index (χ1) is 15.0. The molecule has 1 N–H and O–H groups in total. The fraction of sp³-hybridized carbons (Fsp3) is 0.409. The Hall–Kier alpha value is -3.01. The number of alkyl halides is 3. The van der Waals surface area contributed by atoms with Crippen LogP contribution in [-0.4, -0.2) is 42.2 Å². The van der Waals surface area contributed by atoms with Crippen molar-refractivity contribution >= 4 is 17.4 Å². The summed E-state index contributed by atoms with van der Waals surface area (Å²) in [7, 11) is 1.27. The first-order valence-electron chi connectivity index (χ1n) is 9.77. The number of benzene rings is 1. The monoisotopic (exact) mass is 454 g/mol. The van der Waals surface area contributed by atoms with Crippen LogP contribution in [0.5, 0.6) is 5.75 Å². The van der Waals surface area contributed by atoms with E-state index in [1.54, 1.807) is 0 Å². The van der Waals surface area contributed by atoms with Crippen molar-refractivity contribution in [2.45, 2.75) is 38.0 Å². The fourth-order valence-electron chi connectivity index (χ4n) is 3.79. The van der Waals surface area contributed by atoms with Crippen molar-refractivity contribution in [1.82, 2.24) is 4.98 Å². The molecule has 1 aliphatic rings. The molecule has 1 saturated heterocycles. The van der Waals surface area contributed by atoms with Gasteiger partial charge in [-0.25, -0.2) is 4.39 Å². The van der Waals surface area contributed by atoms with Gasteiger partial charge in [0.1, 0.15) is 11.6 Å². The maximum atomic E-state index is 13.7. The molecule has 3 atom stereocenters. The van der Waals surface area contributed by atoms with Crippen molar-refractivity contribution in [3.63, 3.8) is 0 Å². The molecule has 0 saturated carbocycles. The Kier molecular flexibility index (Phi) is 6.54. The highest BCUT2D eigenvalue weighted by Gasteiger charge is 2.57. The van der Waals surface area contributed by atoms with E-state index in [0.29, 0.717) is 0 Å². The molecular formula is C22H22F4N2O4. The van der Waals surface area contributed by atoms with E-state index in [-0.39, 0.29) is 28.3 Å². The molecule has 10 heteroatoms. The van der Waals surface area contributed by atoms with Gasteiger partial charge in [0.25, 0.3) is 0 Å². The highest BCUT2D eigenvalue weighted by atomic mass is 19.4. The minimum atomic E-state index is -4.69. The topological polar surface area (TPSA) is 77.5 Å². The molecule has 6 nitrogen and oxygen atoms in total.